The van der Waals surface area contributed by atoms with Crippen LogP contribution in [0.15, 0.2) is 47.6 Å². The van der Waals surface area contributed by atoms with Crippen molar-refractivity contribution in [1.82, 2.24) is 4.98 Å². The fraction of sp³-hybridized carbons (Fsp3) is 0.263. The van der Waals surface area contributed by atoms with Crippen LogP contribution >= 0.6 is 0 Å². The summed E-state index contributed by atoms with van der Waals surface area (Å²) >= 11 is 0. The quantitative estimate of drug-likeness (QED) is 0.586. The topological polar surface area (TPSA) is 109 Å². The first-order chi connectivity index (χ1) is 12.4. The molecule has 1 aromatic heterocycles. The van der Waals surface area contributed by atoms with E-state index in [1.807, 2.05) is 36.4 Å². The molecule has 0 bridgehead atoms. The van der Waals surface area contributed by atoms with Gasteiger partial charge in [0, 0.05) is 49.9 Å². The maximum atomic E-state index is 12.1. The van der Waals surface area contributed by atoms with Crippen LogP contribution < -0.4 is 10.6 Å². The summed E-state index contributed by atoms with van der Waals surface area (Å²) in [5.41, 5.74) is 8.97. The van der Waals surface area contributed by atoms with Crippen LogP contribution in [0.4, 0.5) is 5.69 Å². The molecule has 0 saturated carbocycles. The lowest BCUT2D eigenvalue weighted by Gasteiger charge is -2.17. The average molecular weight is 354 g/mol. The summed E-state index contributed by atoms with van der Waals surface area (Å²) in [4.78, 5) is 32.5. The summed E-state index contributed by atoms with van der Waals surface area (Å²) in [6, 6.07) is 11.2. The van der Waals surface area contributed by atoms with Gasteiger partial charge in [0.25, 0.3) is 0 Å². The molecule has 0 radical (unpaired) electrons. The molecule has 136 valence electrons. The third-order valence-corrected chi connectivity index (χ3v) is 4.01. The van der Waals surface area contributed by atoms with Gasteiger partial charge < -0.3 is 15.7 Å². The van der Waals surface area contributed by atoms with Crippen LogP contribution in [-0.4, -0.2) is 41.9 Å². The number of hydrogen-bond acceptors (Lipinski definition) is 4. The summed E-state index contributed by atoms with van der Waals surface area (Å²) < 4.78 is 0. The lowest BCUT2D eigenvalue weighted by molar-refractivity contribution is -0.137. The maximum Gasteiger partial charge on any atom is 0.303 e. The van der Waals surface area contributed by atoms with Gasteiger partial charge in [-0.05, 0) is 30.7 Å². The molecular formula is C19H22N4O3. The Morgan fingerprint density at radius 3 is 2.38 bits per heavy atom. The summed E-state index contributed by atoms with van der Waals surface area (Å²) in [5, 5.41) is 8.64. The van der Waals surface area contributed by atoms with Crippen molar-refractivity contribution in [3.8, 4) is 11.3 Å². The lowest BCUT2D eigenvalue weighted by Crippen LogP contribution is -2.25. The third kappa shape index (κ3) is 4.89. The largest absolute Gasteiger partial charge is 0.481 e. The molecule has 0 saturated heterocycles. The van der Waals surface area contributed by atoms with Gasteiger partial charge in [-0.2, -0.15) is 0 Å². The van der Waals surface area contributed by atoms with E-state index in [4.69, 9.17) is 10.8 Å². The molecule has 1 amide bonds. The number of carboxylic acid groups (broad SMARTS) is 1. The number of anilines is 1. The summed E-state index contributed by atoms with van der Waals surface area (Å²) in [7, 11) is 3.31. The van der Waals surface area contributed by atoms with Gasteiger partial charge >= 0.3 is 5.97 Å². The predicted molar refractivity (Wildman–Crippen MR) is 101 cm³/mol. The highest BCUT2D eigenvalue weighted by molar-refractivity contribution is 5.97. The molecule has 1 aromatic carbocycles. The van der Waals surface area contributed by atoms with E-state index in [0.717, 1.165) is 22.5 Å². The Morgan fingerprint density at radius 1 is 1.15 bits per heavy atom. The molecule has 26 heavy (non-hydrogen) atoms. The number of hydrogen-bond donors (Lipinski definition) is 2. The number of carbonyl (C=O) groups excluding carboxylic acids is 1. The zero-order valence-electron chi connectivity index (χ0n) is 14.8. The van der Waals surface area contributed by atoms with Crippen LogP contribution in [0.25, 0.3) is 11.3 Å². The molecule has 0 atom stereocenters. The van der Waals surface area contributed by atoms with E-state index < -0.39 is 5.97 Å². The van der Waals surface area contributed by atoms with Gasteiger partial charge in [-0.15, -0.1) is 0 Å². The highest BCUT2D eigenvalue weighted by Gasteiger charge is 2.12. The summed E-state index contributed by atoms with van der Waals surface area (Å²) in [5.74, 6) is -0.575. The minimum Gasteiger partial charge on any atom is -0.481 e. The number of amidine groups is 1. The first kappa shape index (κ1) is 19.1. The number of aliphatic carboxylic acids is 1. The lowest BCUT2D eigenvalue weighted by atomic mass is 10.1. The van der Waals surface area contributed by atoms with Crippen molar-refractivity contribution >= 4 is 23.4 Å². The van der Waals surface area contributed by atoms with Crippen LogP contribution in [0.2, 0.25) is 0 Å². The normalized spacial score (nSPS) is 11.2. The number of nitrogens with two attached hydrogens (primary N) is 1. The first-order valence-electron chi connectivity index (χ1n) is 8.20. The molecule has 3 N–H and O–H groups in total. The van der Waals surface area contributed by atoms with Crippen LogP contribution in [0.5, 0.6) is 0 Å². The number of aliphatic imine (C=N–C) groups is 1. The molecule has 0 aliphatic heterocycles. The second-order valence-corrected chi connectivity index (χ2v) is 5.79. The smallest absolute Gasteiger partial charge is 0.303 e. The number of amides is 1. The molecule has 7 heteroatoms. The van der Waals surface area contributed by atoms with Crippen molar-refractivity contribution in [2.24, 2.45) is 10.7 Å². The van der Waals surface area contributed by atoms with E-state index in [0.29, 0.717) is 12.3 Å². The molecule has 0 unspecified atom stereocenters. The van der Waals surface area contributed by atoms with Crippen molar-refractivity contribution in [2.75, 3.05) is 19.0 Å². The van der Waals surface area contributed by atoms with Gasteiger partial charge in [0.2, 0.25) is 5.91 Å². The molecule has 2 rings (SSSR count). The zero-order valence-corrected chi connectivity index (χ0v) is 14.8. The number of rotatable bonds is 7. The fourth-order valence-electron chi connectivity index (χ4n) is 2.40. The minimum absolute atomic E-state index is 0.00651. The minimum atomic E-state index is -0.893. The monoisotopic (exact) mass is 354 g/mol. The Hall–Kier alpha value is -3.22. The van der Waals surface area contributed by atoms with Crippen molar-refractivity contribution in [3.05, 3.63) is 48.2 Å². The van der Waals surface area contributed by atoms with Crippen LogP contribution in [0, 0.1) is 0 Å². The maximum absolute atomic E-state index is 12.1. The zero-order chi connectivity index (χ0) is 19.1. The molecule has 0 spiro atoms. The Morgan fingerprint density at radius 2 is 1.85 bits per heavy atom. The van der Waals surface area contributed by atoms with Gasteiger partial charge in [0.1, 0.15) is 5.84 Å². The molecule has 1 heterocycles. The van der Waals surface area contributed by atoms with E-state index in [1.54, 1.807) is 20.3 Å². The number of pyridine rings is 1. The standard InChI is InChI=1S/C19H22N4O3/c1-21-19(20)14-8-11-16(22-12-14)13-6-9-15(10-7-13)23(2)17(24)4-3-5-18(25)26/h6-12H,3-5H2,1-2H3,(H2,20,21)(H,25,26). The van der Waals surface area contributed by atoms with E-state index in [1.165, 1.54) is 4.90 Å². The highest BCUT2D eigenvalue weighted by atomic mass is 16.4. The number of carboxylic acids is 1. The van der Waals surface area contributed by atoms with Gasteiger partial charge in [0.15, 0.2) is 0 Å². The van der Waals surface area contributed by atoms with Crippen molar-refractivity contribution in [1.29, 1.82) is 0 Å². The number of carbonyl (C=O) groups is 2. The SMILES string of the molecule is CN=C(N)c1ccc(-c2ccc(N(C)C(=O)CCCC(=O)O)cc2)nc1. The van der Waals surface area contributed by atoms with E-state index in [2.05, 4.69) is 9.98 Å². The van der Waals surface area contributed by atoms with Crippen LogP contribution in [0.3, 0.4) is 0 Å². The Labute approximate surface area is 152 Å². The predicted octanol–water partition coefficient (Wildman–Crippen LogP) is 2.30. The second kappa shape index (κ2) is 8.75. The molecule has 0 aliphatic carbocycles. The van der Waals surface area contributed by atoms with Crippen molar-refractivity contribution in [3.63, 3.8) is 0 Å². The van der Waals surface area contributed by atoms with Crippen LogP contribution in [0.1, 0.15) is 24.8 Å². The van der Waals surface area contributed by atoms with Gasteiger partial charge in [-0.3, -0.25) is 19.6 Å². The van der Waals surface area contributed by atoms with E-state index >= 15 is 0 Å². The summed E-state index contributed by atoms with van der Waals surface area (Å²) in [6.45, 7) is 0. The van der Waals surface area contributed by atoms with E-state index in [-0.39, 0.29) is 18.7 Å². The second-order valence-electron chi connectivity index (χ2n) is 5.79. The third-order valence-electron chi connectivity index (χ3n) is 4.01. The Bertz CT molecular complexity index is 799. The van der Waals surface area contributed by atoms with Crippen molar-refractivity contribution in [2.45, 2.75) is 19.3 Å². The average Bonchev–Trinajstić information content (AvgIpc) is 2.66. The Balaban J connectivity index is 2.05. The highest BCUT2D eigenvalue weighted by Crippen LogP contribution is 2.22. The number of aromatic nitrogens is 1. The van der Waals surface area contributed by atoms with Crippen molar-refractivity contribution < 1.29 is 14.7 Å². The van der Waals surface area contributed by atoms with Crippen LogP contribution in [-0.2, 0) is 9.59 Å². The fourth-order valence-corrected chi connectivity index (χ4v) is 2.40. The number of nitrogens with zero attached hydrogens (tertiary/aromatic N) is 3. The van der Waals surface area contributed by atoms with Gasteiger partial charge in [0.05, 0.1) is 5.69 Å². The molecule has 7 nitrogen and oxygen atoms in total. The Kier molecular flexibility index (Phi) is 6.43. The van der Waals surface area contributed by atoms with Gasteiger partial charge in [-0.25, -0.2) is 0 Å². The molecular weight excluding hydrogens is 332 g/mol. The number of benzene rings is 1. The first-order valence-corrected chi connectivity index (χ1v) is 8.20. The molecule has 0 aliphatic rings. The van der Waals surface area contributed by atoms with Gasteiger partial charge in [-0.1, -0.05) is 12.1 Å². The van der Waals surface area contributed by atoms with E-state index in [9.17, 15) is 9.59 Å². The molecule has 2 aromatic rings. The summed E-state index contributed by atoms with van der Waals surface area (Å²) in [6.07, 6.45) is 2.20. The molecule has 0 fully saturated rings.